The summed E-state index contributed by atoms with van der Waals surface area (Å²) in [6, 6.07) is 0.593. The first-order valence-corrected chi connectivity index (χ1v) is 9.30. The second-order valence-corrected chi connectivity index (χ2v) is 6.03. The zero-order valence-corrected chi connectivity index (χ0v) is 15.7. The first kappa shape index (κ1) is 24.2. The molecule has 0 aromatic carbocycles. The lowest BCUT2D eigenvalue weighted by molar-refractivity contribution is -0.110. The third-order valence-electron chi connectivity index (χ3n) is 3.29. The van der Waals surface area contributed by atoms with Crippen LogP contribution in [0.25, 0.3) is 0 Å². The molecule has 0 aromatic heterocycles. The Bertz CT molecular complexity index is 321. The number of likely N-dealkylation sites (N-methyl/N-ethyl adjacent to an activating group) is 1. The van der Waals surface area contributed by atoms with Crippen molar-refractivity contribution in [2.24, 2.45) is 0 Å². The predicted molar refractivity (Wildman–Crippen MR) is 101 cm³/mol. The minimum atomic E-state index is 0.226. The highest BCUT2D eigenvalue weighted by molar-refractivity contribution is 8.00. The van der Waals surface area contributed by atoms with E-state index in [9.17, 15) is 9.59 Å². The average molecular weight is 344 g/mol. The topological polar surface area (TPSA) is 70.2 Å². The summed E-state index contributed by atoms with van der Waals surface area (Å²) in [6.07, 6.45) is 10.3. The molecule has 5 nitrogen and oxygen atoms in total. The third kappa shape index (κ3) is 12.1. The van der Waals surface area contributed by atoms with Gasteiger partial charge in [-0.3, -0.25) is 4.79 Å². The lowest BCUT2D eigenvalue weighted by Crippen LogP contribution is -2.48. The molecule has 1 aliphatic heterocycles. The molecule has 134 valence electrons. The molecule has 0 bridgehead atoms. The number of amides is 1. The van der Waals surface area contributed by atoms with Crippen LogP contribution in [0, 0.1) is 12.3 Å². The van der Waals surface area contributed by atoms with Crippen molar-refractivity contribution < 1.29 is 9.59 Å². The fraction of sp³-hybridized carbons (Fsp3) is 0.765. The maximum Gasteiger partial charge on any atom is 0.207 e. The highest BCUT2D eigenvalue weighted by atomic mass is 32.2. The molecule has 0 aliphatic carbocycles. The molecule has 3 atom stereocenters. The Morgan fingerprint density at radius 2 is 1.96 bits per heavy atom. The number of unbranched alkanes of at least 4 members (excludes halogenated alkanes) is 2. The molecule has 0 radical (unpaired) electrons. The quantitative estimate of drug-likeness (QED) is 0.336. The Labute approximate surface area is 146 Å². The van der Waals surface area contributed by atoms with Gasteiger partial charge in [-0.25, -0.2) is 0 Å². The van der Waals surface area contributed by atoms with Crippen LogP contribution < -0.4 is 16.0 Å². The Kier molecular flexibility index (Phi) is 20.0. The first-order chi connectivity index (χ1) is 11.2. The van der Waals surface area contributed by atoms with Gasteiger partial charge in [0.25, 0.3) is 0 Å². The van der Waals surface area contributed by atoms with E-state index in [1.807, 2.05) is 39.7 Å². The lowest BCUT2D eigenvalue weighted by atomic mass is 10.0. The van der Waals surface area contributed by atoms with Crippen molar-refractivity contribution in [2.45, 2.75) is 56.9 Å². The lowest BCUT2D eigenvalue weighted by Gasteiger charge is -2.22. The standard InChI is InChI=1S/C11H20N2O2S.C4H7N.C2H6/c1-12-9-7-16-10(11(9)13-8-15)5-3-2-4-6-14;1-3-4-5-2;1-2/h6,8-12H,2-5,7H2,1H3,(H,13,15);1,5H,4H2,2H3;1-2H3. The van der Waals surface area contributed by atoms with E-state index in [0.717, 1.165) is 37.7 Å². The van der Waals surface area contributed by atoms with Crippen LogP contribution in [-0.4, -0.2) is 56.4 Å². The molecule has 0 saturated carbocycles. The zero-order chi connectivity index (χ0) is 17.9. The van der Waals surface area contributed by atoms with Crippen molar-refractivity contribution in [3.63, 3.8) is 0 Å². The molecular formula is C17H33N3O2S. The molecule has 0 aromatic rings. The van der Waals surface area contributed by atoms with Gasteiger partial charge in [0.15, 0.2) is 0 Å². The Hall–Kier alpha value is -1.03. The van der Waals surface area contributed by atoms with Crippen molar-refractivity contribution in [1.29, 1.82) is 0 Å². The molecule has 1 heterocycles. The fourth-order valence-corrected chi connectivity index (χ4v) is 3.83. The number of hydrogen-bond donors (Lipinski definition) is 3. The number of rotatable bonds is 9. The Morgan fingerprint density at radius 3 is 2.39 bits per heavy atom. The van der Waals surface area contributed by atoms with Gasteiger partial charge < -0.3 is 20.7 Å². The van der Waals surface area contributed by atoms with Crippen molar-refractivity contribution in [1.82, 2.24) is 16.0 Å². The molecule has 3 unspecified atom stereocenters. The summed E-state index contributed by atoms with van der Waals surface area (Å²) in [5, 5.41) is 9.40. The summed E-state index contributed by atoms with van der Waals surface area (Å²) in [5.74, 6) is 3.45. The number of nitrogens with one attached hydrogen (secondary N) is 3. The average Bonchev–Trinajstić information content (AvgIpc) is 2.97. The fourth-order valence-electron chi connectivity index (χ4n) is 2.20. The van der Waals surface area contributed by atoms with E-state index in [1.54, 1.807) is 0 Å². The van der Waals surface area contributed by atoms with E-state index < -0.39 is 0 Å². The van der Waals surface area contributed by atoms with Crippen molar-refractivity contribution in [2.75, 3.05) is 26.4 Å². The molecule has 0 spiro atoms. The van der Waals surface area contributed by atoms with Crippen LogP contribution in [0.15, 0.2) is 0 Å². The van der Waals surface area contributed by atoms with Crippen molar-refractivity contribution in [3.8, 4) is 12.3 Å². The predicted octanol–water partition coefficient (Wildman–Crippen LogP) is 1.43. The zero-order valence-electron chi connectivity index (χ0n) is 14.9. The van der Waals surface area contributed by atoms with E-state index in [4.69, 9.17) is 6.42 Å². The summed E-state index contributed by atoms with van der Waals surface area (Å²) >= 11 is 1.91. The highest BCUT2D eigenvalue weighted by Crippen LogP contribution is 2.30. The minimum Gasteiger partial charge on any atom is -0.353 e. The Morgan fingerprint density at radius 1 is 1.26 bits per heavy atom. The minimum absolute atomic E-state index is 0.226. The van der Waals surface area contributed by atoms with Crippen LogP contribution in [0.5, 0.6) is 0 Å². The van der Waals surface area contributed by atoms with E-state index in [1.165, 1.54) is 0 Å². The second kappa shape index (κ2) is 19.0. The number of thioether (sulfide) groups is 1. The summed E-state index contributed by atoms with van der Waals surface area (Å²) in [7, 11) is 3.75. The van der Waals surface area contributed by atoms with Crippen LogP contribution in [0.4, 0.5) is 0 Å². The molecule has 1 saturated heterocycles. The molecule has 6 heteroatoms. The van der Waals surface area contributed by atoms with Gasteiger partial charge in [-0.2, -0.15) is 11.8 Å². The van der Waals surface area contributed by atoms with Crippen molar-refractivity contribution >= 4 is 24.5 Å². The molecule has 1 aliphatic rings. The largest absolute Gasteiger partial charge is 0.353 e. The molecule has 3 N–H and O–H groups in total. The van der Waals surface area contributed by atoms with Crippen LogP contribution in [0.2, 0.25) is 0 Å². The maximum absolute atomic E-state index is 10.5. The Balaban J connectivity index is 0. The number of hydrogen-bond acceptors (Lipinski definition) is 5. The van der Waals surface area contributed by atoms with E-state index in [2.05, 4.69) is 21.9 Å². The van der Waals surface area contributed by atoms with Crippen LogP contribution >= 0.6 is 11.8 Å². The number of carbonyl (C=O) groups is 2. The van der Waals surface area contributed by atoms with Gasteiger partial charge in [0.2, 0.25) is 6.41 Å². The molecule has 1 fully saturated rings. The normalized spacial score (nSPS) is 21.8. The summed E-state index contributed by atoms with van der Waals surface area (Å²) in [5.41, 5.74) is 0. The van der Waals surface area contributed by atoms with Gasteiger partial charge in [-0.1, -0.05) is 26.2 Å². The van der Waals surface area contributed by atoms with Gasteiger partial charge in [-0.05, 0) is 26.9 Å². The smallest absolute Gasteiger partial charge is 0.207 e. The van der Waals surface area contributed by atoms with Gasteiger partial charge in [-0.15, -0.1) is 6.42 Å². The monoisotopic (exact) mass is 343 g/mol. The number of carbonyl (C=O) groups excluding carboxylic acids is 2. The molecule has 23 heavy (non-hydrogen) atoms. The van der Waals surface area contributed by atoms with Gasteiger partial charge >= 0.3 is 0 Å². The van der Waals surface area contributed by atoms with Gasteiger partial charge in [0, 0.05) is 23.5 Å². The summed E-state index contributed by atoms with van der Waals surface area (Å²) < 4.78 is 0. The first-order valence-electron chi connectivity index (χ1n) is 8.25. The highest BCUT2D eigenvalue weighted by Gasteiger charge is 2.34. The summed E-state index contributed by atoms with van der Waals surface area (Å²) in [6.45, 7) is 4.67. The second-order valence-electron chi connectivity index (χ2n) is 4.76. The van der Waals surface area contributed by atoms with E-state index in [-0.39, 0.29) is 6.04 Å². The van der Waals surface area contributed by atoms with Crippen LogP contribution in [0.1, 0.15) is 39.5 Å². The van der Waals surface area contributed by atoms with Crippen molar-refractivity contribution in [3.05, 3.63) is 0 Å². The number of aldehydes is 1. The summed E-state index contributed by atoms with van der Waals surface area (Å²) in [4.78, 5) is 20.7. The van der Waals surface area contributed by atoms with Gasteiger partial charge in [0.05, 0.1) is 12.6 Å². The molecule has 1 amide bonds. The van der Waals surface area contributed by atoms with Crippen LogP contribution in [0.3, 0.4) is 0 Å². The third-order valence-corrected chi connectivity index (χ3v) is 4.80. The van der Waals surface area contributed by atoms with Gasteiger partial charge in [0.1, 0.15) is 6.29 Å². The molecule has 1 rings (SSSR count). The molecular weight excluding hydrogens is 310 g/mol. The number of terminal acetylenes is 1. The maximum atomic E-state index is 10.5. The van der Waals surface area contributed by atoms with Crippen LogP contribution in [-0.2, 0) is 9.59 Å². The van der Waals surface area contributed by atoms with E-state index in [0.29, 0.717) is 24.3 Å². The SMILES string of the molecule is C#CCNC.CC.CNC1CSC(CCCCC=O)C1NC=O. The van der Waals surface area contributed by atoms with E-state index >= 15 is 0 Å².